The molecule has 0 aliphatic heterocycles. The van der Waals surface area contributed by atoms with Gasteiger partial charge in [-0.3, -0.25) is 4.98 Å². The summed E-state index contributed by atoms with van der Waals surface area (Å²) in [6.45, 7) is 4.26. The second-order valence-electron chi connectivity index (χ2n) is 5.72. The average molecular weight is 324 g/mol. The van der Waals surface area contributed by atoms with Gasteiger partial charge >= 0.3 is 5.97 Å². The van der Waals surface area contributed by atoms with Gasteiger partial charge in [-0.25, -0.2) is 4.79 Å². The van der Waals surface area contributed by atoms with Crippen LogP contribution in [0.4, 0.5) is 0 Å². The van der Waals surface area contributed by atoms with E-state index in [1.54, 1.807) is 12.1 Å². The minimum Gasteiger partial charge on any atom is -0.478 e. The molecule has 5 heteroatoms. The quantitative estimate of drug-likeness (QED) is 0.809. The Hall–Kier alpha value is -1.32. The van der Waals surface area contributed by atoms with E-state index in [1.165, 1.54) is 0 Å². The maximum Gasteiger partial charge on any atom is 0.336 e. The van der Waals surface area contributed by atoms with Crippen molar-refractivity contribution in [2.45, 2.75) is 32.6 Å². The van der Waals surface area contributed by atoms with E-state index < -0.39 is 5.97 Å². The van der Waals surface area contributed by atoms with E-state index in [0.29, 0.717) is 32.4 Å². The second kappa shape index (κ2) is 5.15. The first kappa shape index (κ1) is 14.6. The first-order valence-electron chi connectivity index (χ1n) is 6.95. The predicted octanol–water partition coefficient (Wildman–Crippen LogP) is 4.93. The van der Waals surface area contributed by atoms with E-state index in [2.05, 4.69) is 18.8 Å². The minimum absolute atomic E-state index is 0.214. The normalized spacial score (nSPS) is 21.3. The van der Waals surface area contributed by atoms with Gasteiger partial charge in [-0.1, -0.05) is 43.1 Å². The van der Waals surface area contributed by atoms with Crippen LogP contribution in [0.15, 0.2) is 12.1 Å². The van der Waals surface area contributed by atoms with Crippen molar-refractivity contribution in [1.29, 1.82) is 0 Å². The summed E-state index contributed by atoms with van der Waals surface area (Å²) >= 11 is 12.3. The van der Waals surface area contributed by atoms with E-state index in [0.717, 1.165) is 24.1 Å². The Morgan fingerprint density at radius 1 is 1.33 bits per heavy atom. The fourth-order valence-electron chi connectivity index (χ4n) is 3.10. The number of rotatable bonds is 1. The van der Waals surface area contributed by atoms with Crippen LogP contribution in [0, 0.1) is 5.92 Å². The Labute approximate surface area is 132 Å². The Morgan fingerprint density at radius 2 is 2.05 bits per heavy atom. The number of carbonyl (C=O) groups is 1. The van der Waals surface area contributed by atoms with Gasteiger partial charge in [-0.2, -0.15) is 0 Å². The van der Waals surface area contributed by atoms with E-state index in [1.807, 2.05) is 0 Å². The lowest BCUT2D eigenvalue weighted by Gasteiger charge is -2.29. The van der Waals surface area contributed by atoms with Crippen molar-refractivity contribution in [1.82, 2.24) is 4.98 Å². The molecule has 0 fully saturated rings. The topological polar surface area (TPSA) is 50.2 Å². The molecule has 3 nitrogen and oxygen atoms in total. The summed E-state index contributed by atoms with van der Waals surface area (Å²) in [4.78, 5) is 16.4. The van der Waals surface area contributed by atoms with Crippen molar-refractivity contribution in [3.8, 4) is 0 Å². The van der Waals surface area contributed by atoms with Crippen LogP contribution in [-0.2, 0) is 6.42 Å². The Balaban J connectivity index is 2.44. The molecular formula is C16H15Cl2NO2. The molecule has 2 unspecified atom stereocenters. The number of carboxylic acids is 1. The second-order valence-corrected chi connectivity index (χ2v) is 6.50. The molecule has 1 aliphatic carbocycles. The van der Waals surface area contributed by atoms with Gasteiger partial charge in [0.1, 0.15) is 0 Å². The lowest BCUT2D eigenvalue weighted by Crippen LogP contribution is -2.21. The molecule has 1 heterocycles. The molecule has 2 aromatic rings. The molecule has 1 aliphatic rings. The summed E-state index contributed by atoms with van der Waals surface area (Å²) in [6, 6.07) is 3.32. The van der Waals surface area contributed by atoms with E-state index >= 15 is 0 Å². The monoisotopic (exact) mass is 323 g/mol. The molecule has 3 rings (SSSR count). The molecule has 0 bridgehead atoms. The van der Waals surface area contributed by atoms with Crippen molar-refractivity contribution in [2.24, 2.45) is 5.92 Å². The Morgan fingerprint density at radius 3 is 2.71 bits per heavy atom. The molecule has 2 atom stereocenters. The SMILES string of the molecule is CC1CCc2c(nc3c(Cl)c(Cl)ccc3c2C(=O)O)C1C. The highest BCUT2D eigenvalue weighted by atomic mass is 35.5. The lowest BCUT2D eigenvalue weighted by atomic mass is 9.78. The third-order valence-corrected chi connectivity index (χ3v) is 5.32. The van der Waals surface area contributed by atoms with Gasteiger partial charge in [0.25, 0.3) is 0 Å². The fourth-order valence-corrected chi connectivity index (χ4v) is 3.45. The molecule has 0 saturated carbocycles. The molecule has 1 aromatic carbocycles. The van der Waals surface area contributed by atoms with E-state index in [-0.39, 0.29) is 5.92 Å². The number of fused-ring (bicyclic) bond motifs is 2. The molecule has 0 saturated heterocycles. The largest absolute Gasteiger partial charge is 0.478 e. The zero-order valence-corrected chi connectivity index (χ0v) is 13.3. The third-order valence-electron chi connectivity index (χ3n) is 4.53. The molecule has 110 valence electrons. The van der Waals surface area contributed by atoms with Crippen LogP contribution < -0.4 is 0 Å². The van der Waals surface area contributed by atoms with Crippen molar-refractivity contribution in [2.75, 3.05) is 0 Å². The van der Waals surface area contributed by atoms with E-state index in [4.69, 9.17) is 23.2 Å². The number of hydrogen-bond acceptors (Lipinski definition) is 2. The maximum atomic E-state index is 11.8. The first-order valence-corrected chi connectivity index (χ1v) is 7.71. The van der Waals surface area contributed by atoms with Crippen molar-refractivity contribution in [3.63, 3.8) is 0 Å². The number of aromatic nitrogens is 1. The molecule has 0 radical (unpaired) electrons. The van der Waals surface area contributed by atoms with Crippen LogP contribution in [0.1, 0.15) is 47.8 Å². The maximum absolute atomic E-state index is 11.8. The summed E-state index contributed by atoms with van der Waals surface area (Å²) in [7, 11) is 0. The van der Waals surface area contributed by atoms with Gasteiger partial charge in [-0.05, 0) is 30.4 Å². The zero-order valence-electron chi connectivity index (χ0n) is 11.8. The highest BCUT2D eigenvalue weighted by molar-refractivity contribution is 6.45. The molecular weight excluding hydrogens is 309 g/mol. The number of pyridine rings is 1. The van der Waals surface area contributed by atoms with Crippen molar-refractivity contribution >= 4 is 40.1 Å². The Bertz CT molecular complexity index is 758. The summed E-state index contributed by atoms with van der Waals surface area (Å²) in [5, 5.41) is 10.9. The van der Waals surface area contributed by atoms with Crippen LogP contribution >= 0.6 is 23.2 Å². The third kappa shape index (κ3) is 2.19. The first-order chi connectivity index (χ1) is 9.91. The molecule has 1 N–H and O–H groups in total. The van der Waals surface area contributed by atoms with Gasteiger partial charge in [0.15, 0.2) is 0 Å². The highest BCUT2D eigenvalue weighted by Gasteiger charge is 2.30. The number of benzene rings is 1. The number of nitrogens with zero attached hydrogens (tertiary/aromatic N) is 1. The highest BCUT2D eigenvalue weighted by Crippen LogP contribution is 2.40. The van der Waals surface area contributed by atoms with Crippen LogP contribution in [0.5, 0.6) is 0 Å². The summed E-state index contributed by atoms with van der Waals surface area (Å²) in [6.07, 6.45) is 1.72. The standard InChI is InChI=1S/C16H15Cl2NO2/c1-7-3-4-9-12(16(20)21)10-5-6-11(17)13(18)15(10)19-14(9)8(7)2/h5-8H,3-4H2,1-2H3,(H,20,21). The number of carboxylic acid groups (broad SMARTS) is 1. The lowest BCUT2D eigenvalue weighted by molar-refractivity contribution is 0.0697. The smallest absolute Gasteiger partial charge is 0.336 e. The van der Waals surface area contributed by atoms with Crippen LogP contribution in [0.3, 0.4) is 0 Å². The Kier molecular flexibility index (Phi) is 3.58. The van der Waals surface area contributed by atoms with Crippen molar-refractivity contribution in [3.05, 3.63) is 39.0 Å². The molecule has 0 spiro atoms. The van der Waals surface area contributed by atoms with Gasteiger partial charge in [0, 0.05) is 17.0 Å². The number of hydrogen-bond donors (Lipinski definition) is 1. The minimum atomic E-state index is -0.932. The van der Waals surface area contributed by atoms with Gasteiger partial charge in [0.2, 0.25) is 0 Å². The number of aromatic carboxylic acids is 1. The van der Waals surface area contributed by atoms with Crippen molar-refractivity contribution < 1.29 is 9.90 Å². The van der Waals surface area contributed by atoms with Gasteiger partial charge < -0.3 is 5.11 Å². The average Bonchev–Trinajstić information content (AvgIpc) is 2.45. The summed E-state index contributed by atoms with van der Waals surface area (Å²) < 4.78 is 0. The summed E-state index contributed by atoms with van der Waals surface area (Å²) in [5.74, 6) is -0.243. The van der Waals surface area contributed by atoms with Crippen LogP contribution in [-0.4, -0.2) is 16.1 Å². The van der Waals surface area contributed by atoms with Gasteiger partial charge in [0.05, 0.1) is 21.1 Å². The molecule has 21 heavy (non-hydrogen) atoms. The molecule has 0 amide bonds. The number of halogens is 2. The zero-order chi connectivity index (χ0) is 15.3. The fraction of sp³-hybridized carbons (Fsp3) is 0.375. The summed E-state index contributed by atoms with van der Waals surface area (Å²) in [5.41, 5.74) is 2.51. The molecule has 1 aromatic heterocycles. The van der Waals surface area contributed by atoms with Crippen LogP contribution in [0.2, 0.25) is 10.0 Å². The van der Waals surface area contributed by atoms with Gasteiger partial charge in [-0.15, -0.1) is 0 Å². The van der Waals surface area contributed by atoms with E-state index in [9.17, 15) is 9.90 Å². The predicted molar refractivity (Wildman–Crippen MR) is 84.6 cm³/mol. The van der Waals surface area contributed by atoms with Crippen LogP contribution in [0.25, 0.3) is 10.9 Å².